The first-order valence-corrected chi connectivity index (χ1v) is 14.2. The molecule has 45 heavy (non-hydrogen) atoms. The molecule has 230 valence electrons. The van der Waals surface area contributed by atoms with Gasteiger partial charge in [-0.15, -0.1) is 0 Å². The number of anilines is 1. The molecule has 0 bridgehead atoms. The number of nitrogens with one attached hydrogen (secondary N) is 2. The van der Waals surface area contributed by atoms with Gasteiger partial charge in [0, 0.05) is 25.3 Å². The van der Waals surface area contributed by atoms with Crippen LogP contribution in [0.3, 0.4) is 0 Å². The number of ether oxygens (including phenoxy) is 2. The molecule has 0 unspecified atom stereocenters. The summed E-state index contributed by atoms with van der Waals surface area (Å²) < 4.78 is 24.9. The van der Waals surface area contributed by atoms with E-state index in [1.54, 1.807) is 55.5 Å². The number of esters is 1. The quantitative estimate of drug-likeness (QED) is 0.0685. The summed E-state index contributed by atoms with van der Waals surface area (Å²) >= 11 is 6.12. The fourth-order valence-corrected chi connectivity index (χ4v) is 4.20. The van der Waals surface area contributed by atoms with Gasteiger partial charge in [-0.25, -0.2) is 14.6 Å². The van der Waals surface area contributed by atoms with Crippen LogP contribution in [0.1, 0.15) is 38.8 Å². The Labute approximate surface area is 264 Å². The highest BCUT2D eigenvalue weighted by Crippen LogP contribution is 2.29. The number of carbonyl (C=O) groups excluding carboxylic acids is 3. The fraction of sp³-hybridized carbons (Fsp3) is 0.118. The van der Waals surface area contributed by atoms with Crippen molar-refractivity contribution in [2.45, 2.75) is 6.92 Å². The van der Waals surface area contributed by atoms with Crippen molar-refractivity contribution in [3.63, 3.8) is 0 Å². The Hall–Kier alpha value is -5.48. The molecule has 2 amide bonds. The highest BCUT2D eigenvalue weighted by atomic mass is 35.5. The summed E-state index contributed by atoms with van der Waals surface area (Å²) in [4.78, 5) is 40.6. The van der Waals surface area contributed by atoms with Crippen molar-refractivity contribution >= 4 is 47.4 Å². The molecular formula is C34H30ClFN4O5. The first-order valence-electron chi connectivity index (χ1n) is 13.8. The molecule has 0 aliphatic rings. The molecule has 0 heterocycles. The van der Waals surface area contributed by atoms with E-state index < -0.39 is 23.6 Å². The molecule has 0 aromatic heterocycles. The minimum atomic E-state index is -0.719. The van der Waals surface area contributed by atoms with Crippen molar-refractivity contribution in [1.29, 1.82) is 0 Å². The van der Waals surface area contributed by atoms with Crippen LogP contribution in [0.5, 0.6) is 11.5 Å². The van der Waals surface area contributed by atoms with Crippen LogP contribution in [0.15, 0.2) is 102 Å². The predicted molar refractivity (Wildman–Crippen MR) is 172 cm³/mol. The Bertz CT molecular complexity index is 1760. The summed E-state index contributed by atoms with van der Waals surface area (Å²) in [6, 6.07) is 23.7. The first-order chi connectivity index (χ1) is 21.6. The zero-order valence-electron chi connectivity index (χ0n) is 24.7. The molecule has 4 rings (SSSR count). The minimum absolute atomic E-state index is 0.0407. The normalized spacial score (nSPS) is 11.2. The van der Waals surface area contributed by atoms with Gasteiger partial charge in [0.2, 0.25) is 0 Å². The second-order valence-corrected chi connectivity index (χ2v) is 10.1. The lowest BCUT2D eigenvalue weighted by Crippen LogP contribution is -2.32. The number of amides is 2. The zero-order chi connectivity index (χ0) is 32.3. The molecule has 9 nitrogen and oxygen atoms in total. The molecule has 0 aliphatic carbocycles. The predicted octanol–water partition coefficient (Wildman–Crippen LogP) is 6.08. The van der Waals surface area contributed by atoms with Gasteiger partial charge in [-0.05, 0) is 84.8 Å². The van der Waals surface area contributed by atoms with Crippen LogP contribution in [0.4, 0.5) is 10.1 Å². The Balaban J connectivity index is 1.52. The van der Waals surface area contributed by atoms with Gasteiger partial charge in [0.1, 0.15) is 11.5 Å². The van der Waals surface area contributed by atoms with Crippen molar-refractivity contribution < 1.29 is 28.2 Å². The maximum Gasteiger partial charge on any atom is 0.345 e. The molecule has 11 heteroatoms. The van der Waals surface area contributed by atoms with Crippen LogP contribution in [0.25, 0.3) is 6.08 Å². The second kappa shape index (κ2) is 15.3. The van der Waals surface area contributed by atoms with E-state index in [0.29, 0.717) is 17.7 Å². The van der Waals surface area contributed by atoms with Gasteiger partial charge < -0.3 is 19.7 Å². The molecule has 0 fully saturated rings. The number of rotatable bonds is 11. The molecule has 4 aromatic carbocycles. The molecule has 0 saturated heterocycles. The maximum absolute atomic E-state index is 13.7. The molecular weight excluding hydrogens is 599 g/mol. The lowest BCUT2D eigenvalue weighted by Gasteiger charge is -2.13. The monoisotopic (exact) mass is 628 g/mol. The topological polar surface area (TPSA) is 109 Å². The van der Waals surface area contributed by atoms with E-state index in [0.717, 1.165) is 11.8 Å². The van der Waals surface area contributed by atoms with Gasteiger partial charge in [-0.3, -0.25) is 9.59 Å². The van der Waals surface area contributed by atoms with Gasteiger partial charge in [-0.2, -0.15) is 5.10 Å². The number of benzene rings is 4. The van der Waals surface area contributed by atoms with E-state index in [1.807, 2.05) is 31.1 Å². The Morgan fingerprint density at radius 3 is 2.33 bits per heavy atom. The summed E-state index contributed by atoms with van der Waals surface area (Å²) in [6.07, 6.45) is 2.84. The number of carbonyl (C=O) groups is 3. The first kappa shape index (κ1) is 32.4. The van der Waals surface area contributed by atoms with E-state index in [1.165, 1.54) is 36.6 Å². The highest BCUT2D eigenvalue weighted by molar-refractivity contribution is 6.33. The summed E-state index contributed by atoms with van der Waals surface area (Å²) in [5, 5.41) is 6.82. The smallest absolute Gasteiger partial charge is 0.345 e. The average molecular weight is 629 g/mol. The summed E-state index contributed by atoms with van der Waals surface area (Å²) in [6.45, 7) is 2.07. The van der Waals surface area contributed by atoms with Crippen LogP contribution in [0, 0.1) is 5.82 Å². The van der Waals surface area contributed by atoms with Crippen LogP contribution in [-0.2, 0) is 4.79 Å². The number of halogens is 2. The lowest BCUT2D eigenvalue weighted by atomic mass is 10.1. The third kappa shape index (κ3) is 9.01. The van der Waals surface area contributed by atoms with Crippen molar-refractivity contribution in [1.82, 2.24) is 10.7 Å². The van der Waals surface area contributed by atoms with E-state index in [2.05, 4.69) is 15.8 Å². The van der Waals surface area contributed by atoms with Crippen molar-refractivity contribution in [2.75, 3.05) is 25.6 Å². The van der Waals surface area contributed by atoms with Crippen molar-refractivity contribution in [3.8, 4) is 11.5 Å². The summed E-state index contributed by atoms with van der Waals surface area (Å²) in [7, 11) is 3.80. The van der Waals surface area contributed by atoms with Gasteiger partial charge in [-0.1, -0.05) is 41.9 Å². The maximum atomic E-state index is 13.7. The number of hydrazone groups is 1. The Morgan fingerprint density at radius 1 is 0.911 bits per heavy atom. The average Bonchev–Trinajstić information content (AvgIpc) is 3.02. The van der Waals surface area contributed by atoms with Gasteiger partial charge in [0.15, 0.2) is 11.5 Å². The molecule has 0 atom stereocenters. The van der Waals surface area contributed by atoms with Crippen LogP contribution in [0.2, 0.25) is 5.02 Å². The second-order valence-electron chi connectivity index (χ2n) is 9.72. The van der Waals surface area contributed by atoms with Gasteiger partial charge >= 0.3 is 5.97 Å². The largest absolute Gasteiger partial charge is 0.490 e. The van der Waals surface area contributed by atoms with Crippen LogP contribution in [-0.4, -0.2) is 44.7 Å². The third-order valence-electron chi connectivity index (χ3n) is 6.24. The molecule has 0 spiro atoms. The van der Waals surface area contributed by atoms with E-state index in [4.69, 9.17) is 21.1 Å². The molecule has 0 radical (unpaired) electrons. The fourth-order valence-electron chi connectivity index (χ4n) is 3.98. The van der Waals surface area contributed by atoms with Crippen LogP contribution < -0.4 is 25.1 Å². The molecule has 4 aromatic rings. The van der Waals surface area contributed by atoms with E-state index in [9.17, 15) is 18.8 Å². The van der Waals surface area contributed by atoms with Gasteiger partial charge in [0.25, 0.3) is 11.8 Å². The molecule has 0 aliphatic heterocycles. The Morgan fingerprint density at radius 2 is 1.64 bits per heavy atom. The van der Waals surface area contributed by atoms with E-state index >= 15 is 0 Å². The molecule has 2 N–H and O–H groups in total. The van der Waals surface area contributed by atoms with Crippen LogP contribution >= 0.6 is 11.6 Å². The molecule has 0 saturated carbocycles. The van der Waals surface area contributed by atoms with Crippen molar-refractivity contribution in [2.24, 2.45) is 5.10 Å². The number of nitrogens with zero attached hydrogens (tertiary/aromatic N) is 2. The number of hydrogen-bond acceptors (Lipinski definition) is 7. The minimum Gasteiger partial charge on any atom is -0.490 e. The standard InChI is InChI=1S/C34H30ClFN4O5/c1-4-44-31-19-23(14-17-30(31)45-34(43)27-10-5-6-11-28(27)35)21-37-39-33(42)29(18-22-12-15-26(16-13-22)40(2)3)38-32(41)24-8-7-9-25(36)20-24/h5-21H,4H2,1-3H3,(H,38,41)(H,39,42)/b29-18-,37-21+. The van der Waals surface area contributed by atoms with Gasteiger partial charge in [0.05, 0.1) is 23.4 Å². The van der Waals surface area contributed by atoms with E-state index in [-0.39, 0.29) is 33.3 Å². The van der Waals surface area contributed by atoms with Crippen molar-refractivity contribution in [3.05, 3.63) is 130 Å². The lowest BCUT2D eigenvalue weighted by molar-refractivity contribution is -0.117. The SMILES string of the molecule is CCOc1cc(/C=N/NC(=O)/C(=C/c2ccc(N(C)C)cc2)NC(=O)c2cccc(F)c2)ccc1OC(=O)c1ccccc1Cl. The third-order valence-corrected chi connectivity index (χ3v) is 6.57. The summed E-state index contributed by atoms with van der Waals surface area (Å²) in [5.74, 6) is -2.18. The Kier molecular flexibility index (Phi) is 11.0. The number of hydrogen-bond donors (Lipinski definition) is 2. The zero-order valence-corrected chi connectivity index (χ0v) is 25.5. The summed E-state index contributed by atoms with van der Waals surface area (Å²) in [5.41, 5.74) is 4.63. The highest BCUT2D eigenvalue weighted by Gasteiger charge is 2.17.